The van der Waals surface area contributed by atoms with Crippen LogP contribution in [-0.2, 0) is 19.1 Å². The molecule has 3 atom stereocenters. The first kappa shape index (κ1) is 15.4. The SMILES string of the molecule is COC(=O)[C@H](C[C@H]1C=CC(=O)CC1)NC(=O)[C@H](C)N. The third kappa shape index (κ3) is 4.82. The van der Waals surface area contributed by atoms with Gasteiger partial charge in [0.25, 0.3) is 0 Å². The minimum Gasteiger partial charge on any atom is -0.467 e. The number of esters is 1. The first-order valence-corrected chi connectivity index (χ1v) is 6.29. The number of rotatable bonds is 5. The third-order valence-electron chi connectivity index (χ3n) is 3.07. The second-order valence-electron chi connectivity index (χ2n) is 4.73. The molecule has 0 aromatic heterocycles. The highest BCUT2D eigenvalue weighted by atomic mass is 16.5. The number of ether oxygens (including phenoxy) is 1. The lowest BCUT2D eigenvalue weighted by atomic mass is 9.89. The van der Waals surface area contributed by atoms with Crippen LogP contribution in [0.3, 0.4) is 0 Å². The Labute approximate surface area is 112 Å². The molecule has 6 heteroatoms. The molecule has 0 fully saturated rings. The summed E-state index contributed by atoms with van der Waals surface area (Å²) in [7, 11) is 1.27. The van der Waals surface area contributed by atoms with Crippen molar-refractivity contribution in [1.82, 2.24) is 5.32 Å². The van der Waals surface area contributed by atoms with Crippen molar-refractivity contribution in [2.45, 2.75) is 38.3 Å². The molecule has 1 aliphatic carbocycles. The summed E-state index contributed by atoms with van der Waals surface area (Å²) in [5.74, 6) is -0.730. The summed E-state index contributed by atoms with van der Waals surface area (Å²) in [5, 5.41) is 2.57. The number of nitrogens with one attached hydrogen (secondary N) is 1. The van der Waals surface area contributed by atoms with Gasteiger partial charge in [-0.25, -0.2) is 4.79 Å². The van der Waals surface area contributed by atoms with Crippen molar-refractivity contribution < 1.29 is 19.1 Å². The van der Waals surface area contributed by atoms with E-state index < -0.39 is 24.0 Å². The first-order chi connectivity index (χ1) is 8.93. The second-order valence-corrected chi connectivity index (χ2v) is 4.73. The van der Waals surface area contributed by atoms with Crippen molar-refractivity contribution in [3.8, 4) is 0 Å². The van der Waals surface area contributed by atoms with Gasteiger partial charge in [-0.1, -0.05) is 6.08 Å². The fraction of sp³-hybridized carbons (Fsp3) is 0.615. The van der Waals surface area contributed by atoms with Gasteiger partial charge in [0.2, 0.25) is 5.91 Å². The largest absolute Gasteiger partial charge is 0.467 e. The highest BCUT2D eigenvalue weighted by Gasteiger charge is 2.26. The molecular weight excluding hydrogens is 248 g/mol. The highest BCUT2D eigenvalue weighted by Crippen LogP contribution is 2.20. The standard InChI is InChI=1S/C13H20N2O4/c1-8(14)12(17)15-11(13(18)19-2)7-9-3-5-10(16)6-4-9/h3,5,8-9,11H,4,6-7,14H2,1-2H3,(H,15,17)/t8-,9-,11-/m0/s1. The van der Waals surface area contributed by atoms with E-state index in [0.717, 1.165) is 0 Å². The molecule has 19 heavy (non-hydrogen) atoms. The van der Waals surface area contributed by atoms with Crippen molar-refractivity contribution in [2.24, 2.45) is 11.7 Å². The molecule has 3 N–H and O–H groups in total. The zero-order valence-electron chi connectivity index (χ0n) is 11.2. The van der Waals surface area contributed by atoms with Gasteiger partial charge in [-0.3, -0.25) is 9.59 Å². The average Bonchev–Trinajstić information content (AvgIpc) is 2.39. The van der Waals surface area contributed by atoms with Gasteiger partial charge in [-0.2, -0.15) is 0 Å². The molecule has 106 valence electrons. The first-order valence-electron chi connectivity index (χ1n) is 6.29. The van der Waals surface area contributed by atoms with Gasteiger partial charge in [0, 0.05) is 6.42 Å². The Morgan fingerprint density at radius 2 is 2.26 bits per heavy atom. The molecule has 0 aromatic carbocycles. The van der Waals surface area contributed by atoms with E-state index in [-0.39, 0.29) is 11.7 Å². The van der Waals surface area contributed by atoms with Gasteiger partial charge in [0.1, 0.15) is 6.04 Å². The van der Waals surface area contributed by atoms with Crippen LogP contribution in [0.1, 0.15) is 26.2 Å². The maximum Gasteiger partial charge on any atom is 0.328 e. The summed E-state index contributed by atoms with van der Waals surface area (Å²) in [6.45, 7) is 1.54. The molecule has 0 aliphatic heterocycles. The van der Waals surface area contributed by atoms with Gasteiger partial charge >= 0.3 is 5.97 Å². The minimum absolute atomic E-state index is 0.0789. The Kier molecular flexibility index (Phi) is 5.69. The Morgan fingerprint density at radius 1 is 1.58 bits per heavy atom. The maximum absolute atomic E-state index is 11.6. The van der Waals surface area contributed by atoms with Gasteiger partial charge in [-0.05, 0) is 31.8 Å². The van der Waals surface area contributed by atoms with Crippen LogP contribution in [0.4, 0.5) is 0 Å². The fourth-order valence-corrected chi connectivity index (χ4v) is 1.91. The van der Waals surface area contributed by atoms with E-state index >= 15 is 0 Å². The smallest absolute Gasteiger partial charge is 0.328 e. The zero-order valence-corrected chi connectivity index (χ0v) is 11.2. The van der Waals surface area contributed by atoms with E-state index in [4.69, 9.17) is 5.73 Å². The van der Waals surface area contributed by atoms with Crippen LogP contribution in [0, 0.1) is 5.92 Å². The number of methoxy groups -OCH3 is 1. The summed E-state index contributed by atoms with van der Waals surface area (Å²) >= 11 is 0. The second kappa shape index (κ2) is 7.04. The summed E-state index contributed by atoms with van der Waals surface area (Å²) < 4.78 is 4.67. The average molecular weight is 268 g/mol. The van der Waals surface area contributed by atoms with E-state index in [9.17, 15) is 14.4 Å². The van der Waals surface area contributed by atoms with Gasteiger partial charge in [-0.15, -0.1) is 0 Å². The molecule has 0 saturated carbocycles. The molecular formula is C13H20N2O4. The van der Waals surface area contributed by atoms with Gasteiger partial charge < -0.3 is 15.8 Å². The Hall–Kier alpha value is -1.69. The normalized spacial score (nSPS) is 21.6. The molecule has 0 spiro atoms. The predicted molar refractivity (Wildman–Crippen MR) is 69.1 cm³/mol. The lowest BCUT2D eigenvalue weighted by Gasteiger charge is -2.23. The van der Waals surface area contributed by atoms with Crippen LogP contribution >= 0.6 is 0 Å². The van der Waals surface area contributed by atoms with Crippen LogP contribution in [0.5, 0.6) is 0 Å². The monoisotopic (exact) mass is 268 g/mol. The molecule has 0 saturated heterocycles. The quantitative estimate of drug-likeness (QED) is 0.679. The molecule has 0 radical (unpaired) electrons. The topological polar surface area (TPSA) is 98.5 Å². The fourth-order valence-electron chi connectivity index (χ4n) is 1.91. The van der Waals surface area contributed by atoms with E-state index in [1.807, 2.05) is 0 Å². The summed E-state index contributed by atoms with van der Waals surface area (Å²) in [4.78, 5) is 34.3. The van der Waals surface area contributed by atoms with E-state index in [1.165, 1.54) is 13.2 Å². The third-order valence-corrected chi connectivity index (χ3v) is 3.07. The van der Waals surface area contributed by atoms with Crippen molar-refractivity contribution >= 4 is 17.7 Å². The Balaban J connectivity index is 2.64. The van der Waals surface area contributed by atoms with Crippen LogP contribution in [0.2, 0.25) is 0 Å². The van der Waals surface area contributed by atoms with Crippen molar-refractivity contribution in [1.29, 1.82) is 0 Å². The lowest BCUT2D eigenvalue weighted by molar-refractivity contribution is -0.145. The molecule has 0 heterocycles. The van der Waals surface area contributed by atoms with E-state index in [1.54, 1.807) is 13.0 Å². The predicted octanol–water partition coefficient (Wildman–Crippen LogP) is -0.0832. The molecule has 1 amide bonds. The van der Waals surface area contributed by atoms with Crippen molar-refractivity contribution in [3.05, 3.63) is 12.2 Å². The number of amides is 1. The van der Waals surface area contributed by atoms with Crippen LogP contribution in [0.25, 0.3) is 0 Å². The number of carbonyl (C=O) groups excluding carboxylic acids is 3. The van der Waals surface area contributed by atoms with Gasteiger partial charge in [0.05, 0.1) is 13.2 Å². The molecule has 0 aromatic rings. The highest BCUT2D eigenvalue weighted by molar-refractivity contribution is 5.90. The van der Waals surface area contributed by atoms with E-state index in [0.29, 0.717) is 19.3 Å². The number of carbonyl (C=O) groups is 3. The van der Waals surface area contributed by atoms with Crippen LogP contribution < -0.4 is 11.1 Å². The Bertz CT molecular complexity index is 390. The Morgan fingerprint density at radius 3 is 2.74 bits per heavy atom. The molecule has 0 bridgehead atoms. The molecule has 1 rings (SSSR count). The molecule has 1 aliphatic rings. The number of ketones is 1. The number of nitrogens with two attached hydrogens (primary N) is 1. The summed E-state index contributed by atoms with van der Waals surface area (Å²) in [6, 6.07) is -1.41. The maximum atomic E-state index is 11.6. The van der Waals surface area contributed by atoms with Gasteiger partial charge in [0.15, 0.2) is 5.78 Å². The summed E-state index contributed by atoms with van der Waals surface area (Å²) in [5.41, 5.74) is 5.45. The number of allylic oxidation sites excluding steroid dienone is 2. The lowest BCUT2D eigenvalue weighted by Crippen LogP contribution is -2.48. The van der Waals surface area contributed by atoms with Crippen LogP contribution in [-0.4, -0.2) is 36.9 Å². The van der Waals surface area contributed by atoms with Crippen LogP contribution in [0.15, 0.2) is 12.2 Å². The zero-order chi connectivity index (χ0) is 14.4. The van der Waals surface area contributed by atoms with Crippen molar-refractivity contribution in [2.75, 3.05) is 7.11 Å². The minimum atomic E-state index is -0.730. The molecule has 0 unspecified atom stereocenters. The number of hydrogen-bond donors (Lipinski definition) is 2. The van der Waals surface area contributed by atoms with Crippen molar-refractivity contribution in [3.63, 3.8) is 0 Å². The number of hydrogen-bond acceptors (Lipinski definition) is 5. The summed E-state index contributed by atoms with van der Waals surface area (Å²) in [6.07, 6.45) is 4.86. The van der Waals surface area contributed by atoms with E-state index in [2.05, 4.69) is 10.1 Å². The molecule has 6 nitrogen and oxygen atoms in total.